The molecule has 2 nitrogen and oxygen atoms in total. The van der Waals surface area contributed by atoms with E-state index < -0.39 is 0 Å². The van der Waals surface area contributed by atoms with Gasteiger partial charge in [-0.25, -0.2) is 9.37 Å². The van der Waals surface area contributed by atoms with Crippen LogP contribution in [0.3, 0.4) is 0 Å². The number of imidazole rings is 1. The molecule has 2 aromatic rings. The Labute approximate surface area is 117 Å². The number of alkyl halides is 1. The second kappa shape index (κ2) is 4.48. The number of hydrogen-bond acceptors (Lipinski definition) is 1. The van der Waals surface area contributed by atoms with Crippen LogP contribution in [-0.2, 0) is 6.54 Å². The fourth-order valence-electron chi connectivity index (χ4n) is 2.92. The average Bonchev–Trinajstić information content (AvgIpc) is 2.68. The van der Waals surface area contributed by atoms with Gasteiger partial charge in [-0.3, -0.25) is 0 Å². The number of hydrogen-bond donors (Lipinski definition) is 0. The predicted octanol–water partition coefficient (Wildman–Crippen LogP) is 4.67. The molecule has 1 aromatic heterocycles. The Kier molecular flexibility index (Phi) is 3.05. The lowest BCUT2D eigenvalue weighted by molar-refractivity contribution is 0.132. The number of halogens is 2. The molecule has 0 radical (unpaired) electrons. The van der Waals surface area contributed by atoms with Gasteiger partial charge in [-0.1, -0.05) is 19.4 Å². The van der Waals surface area contributed by atoms with Gasteiger partial charge in [-0.15, -0.1) is 11.6 Å². The molecule has 3 rings (SSSR count). The first kappa shape index (κ1) is 12.9. The fraction of sp³-hybridized carbons (Fsp3) is 0.533. The Morgan fingerprint density at radius 3 is 2.79 bits per heavy atom. The van der Waals surface area contributed by atoms with Crippen LogP contribution in [0.4, 0.5) is 4.39 Å². The van der Waals surface area contributed by atoms with Crippen molar-refractivity contribution in [2.45, 2.75) is 45.0 Å². The maximum atomic E-state index is 13.9. The number of aromatic nitrogens is 2. The van der Waals surface area contributed by atoms with E-state index in [1.165, 1.54) is 25.3 Å². The summed E-state index contributed by atoms with van der Waals surface area (Å²) in [4.78, 5) is 4.41. The molecule has 1 unspecified atom stereocenters. The summed E-state index contributed by atoms with van der Waals surface area (Å²) in [6.45, 7) is 5.05. The Bertz CT molecular complexity index is 614. The molecule has 1 aliphatic carbocycles. The van der Waals surface area contributed by atoms with Crippen molar-refractivity contribution in [2.75, 3.05) is 0 Å². The Morgan fingerprint density at radius 2 is 2.21 bits per heavy atom. The maximum absolute atomic E-state index is 13.9. The highest BCUT2D eigenvalue weighted by Gasteiger charge is 2.33. The monoisotopic (exact) mass is 280 g/mol. The molecule has 1 aromatic carbocycles. The molecular formula is C15H18ClFN2. The molecule has 0 aliphatic heterocycles. The quantitative estimate of drug-likeness (QED) is 0.747. The standard InChI is InChI=1S/C15H18ClFN2/c1-10(16)14-18-13-11(17)5-3-6-12(13)19(14)9-15(2)7-4-8-15/h3,5-6,10H,4,7-9H2,1-2H3. The third kappa shape index (κ3) is 2.14. The van der Waals surface area contributed by atoms with Gasteiger partial charge in [0.15, 0.2) is 5.82 Å². The normalized spacial score (nSPS) is 19.4. The SMILES string of the molecule is CC(Cl)c1nc2c(F)cccc2n1CC1(C)CCC1. The van der Waals surface area contributed by atoms with E-state index in [4.69, 9.17) is 11.6 Å². The molecule has 0 bridgehead atoms. The van der Waals surface area contributed by atoms with Crippen molar-refractivity contribution in [1.29, 1.82) is 0 Å². The second-order valence-corrected chi connectivity index (χ2v) is 6.60. The molecule has 102 valence electrons. The number of fused-ring (bicyclic) bond motifs is 1. The summed E-state index contributed by atoms with van der Waals surface area (Å²) in [6, 6.07) is 5.12. The minimum atomic E-state index is -0.270. The second-order valence-electron chi connectivity index (χ2n) is 5.94. The van der Waals surface area contributed by atoms with E-state index in [1.54, 1.807) is 6.07 Å². The van der Waals surface area contributed by atoms with Crippen molar-refractivity contribution in [3.05, 3.63) is 29.8 Å². The van der Waals surface area contributed by atoms with Crippen molar-refractivity contribution < 1.29 is 4.39 Å². The average molecular weight is 281 g/mol. The third-order valence-electron chi connectivity index (χ3n) is 4.22. The summed E-state index contributed by atoms with van der Waals surface area (Å²) in [7, 11) is 0. The van der Waals surface area contributed by atoms with E-state index in [9.17, 15) is 4.39 Å². The smallest absolute Gasteiger partial charge is 0.151 e. The van der Waals surface area contributed by atoms with Gasteiger partial charge in [0.1, 0.15) is 11.3 Å². The van der Waals surface area contributed by atoms with Crippen molar-refractivity contribution in [3.63, 3.8) is 0 Å². The topological polar surface area (TPSA) is 17.8 Å². The summed E-state index contributed by atoms with van der Waals surface area (Å²) in [5, 5.41) is -0.213. The summed E-state index contributed by atoms with van der Waals surface area (Å²) >= 11 is 6.22. The minimum absolute atomic E-state index is 0.213. The zero-order valence-corrected chi connectivity index (χ0v) is 12.0. The summed E-state index contributed by atoms with van der Waals surface area (Å²) < 4.78 is 16.0. The Balaban J connectivity index is 2.14. The van der Waals surface area contributed by atoms with Crippen LogP contribution in [0, 0.1) is 11.2 Å². The number of rotatable bonds is 3. The van der Waals surface area contributed by atoms with Crippen LogP contribution >= 0.6 is 11.6 Å². The Morgan fingerprint density at radius 1 is 1.47 bits per heavy atom. The molecule has 0 N–H and O–H groups in total. The molecule has 1 saturated carbocycles. The first-order valence-corrected chi connectivity index (χ1v) is 7.22. The largest absolute Gasteiger partial charge is 0.326 e. The van der Waals surface area contributed by atoms with Crippen molar-refractivity contribution in [2.24, 2.45) is 5.41 Å². The molecule has 19 heavy (non-hydrogen) atoms. The van der Waals surface area contributed by atoms with Gasteiger partial charge in [0.05, 0.1) is 10.9 Å². The molecule has 1 atom stereocenters. The van der Waals surface area contributed by atoms with E-state index in [0.717, 1.165) is 17.9 Å². The molecule has 1 heterocycles. The van der Waals surface area contributed by atoms with Crippen LogP contribution in [0.1, 0.15) is 44.3 Å². The van der Waals surface area contributed by atoms with Crippen LogP contribution in [0.5, 0.6) is 0 Å². The Hall–Kier alpha value is -1.09. The van der Waals surface area contributed by atoms with Gasteiger partial charge in [0.25, 0.3) is 0 Å². The third-order valence-corrected chi connectivity index (χ3v) is 4.41. The van der Waals surface area contributed by atoms with Crippen LogP contribution < -0.4 is 0 Å². The zero-order chi connectivity index (χ0) is 13.6. The molecule has 0 spiro atoms. The predicted molar refractivity (Wildman–Crippen MR) is 75.9 cm³/mol. The highest BCUT2D eigenvalue weighted by molar-refractivity contribution is 6.20. The van der Waals surface area contributed by atoms with Gasteiger partial charge in [0, 0.05) is 6.54 Å². The van der Waals surface area contributed by atoms with E-state index in [1.807, 2.05) is 13.0 Å². The number of nitrogens with zero attached hydrogens (tertiary/aromatic N) is 2. The van der Waals surface area contributed by atoms with Gasteiger partial charge >= 0.3 is 0 Å². The highest BCUT2D eigenvalue weighted by atomic mass is 35.5. The van der Waals surface area contributed by atoms with E-state index in [2.05, 4.69) is 16.5 Å². The summed E-state index contributed by atoms with van der Waals surface area (Å²) in [5.41, 5.74) is 1.60. The number of benzene rings is 1. The maximum Gasteiger partial charge on any atom is 0.151 e. The molecular weight excluding hydrogens is 263 g/mol. The van der Waals surface area contributed by atoms with Crippen LogP contribution in [0.25, 0.3) is 11.0 Å². The molecule has 0 saturated heterocycles. The molecule has 4 heteroatoms. The lowest BCUT2D eigenvalue weighted by Gasteiger charge is -2.39. The summed E-state index contributed by atoms with van der Waals surface area (Å²) in [5.74, 6) is 0.503. The van der Waals surface area contributed by atoms with Crippen molar-refractivity contribution in [1.82, 2.24) is 9.55 Å². The molecule has 1 fully saturated rings. The molecule has 1 aliphatic rings. The van der Waals surface area contributed by atoms with Gasteiger partial charge < -0.3 is 4.57 Å². The van der Waals surface area contributed by atoms with Crippen molar-refractivity contribution >= 4 is 22.6 Å². The minimum Gasteiger partial charge on any atom is -0.326 e. The van der Waals surface area contributed by atoms with Gasteiger partial charge in [0.2, 0.25) is 0 Å². The highest BCUT2D eigenvalue weighted by Crippen LogP contribution is 2.43. The van der Waals surface area contributed by atoms with Crippen LogP contribution in [0.15, 0.2) is 18.2 Å². The van der Waals surface area contributed by atoms with Gasteiger partial charge in [-0.2, -0.15) is 0 Å². The van der Waals surface area contributed by atoms with E-state index in [-0.39, 0.29) is 11.2 Å². The molecule has 0 amide bonds. The number of para-hydroxylation sites is 1. The van der Waals surface area contributed by atoms with E-state index >= 15 is 0 Å². The van der Waals surface area contributed by atoms with Crippen LogP contribution in [0.2, 0.25) is 0 Å². The van der Waals surface area contributed by atoms with Gasteiger partial charge in [-0.05, 0) is 37.3 Å². The summed E-state index contributed by atoms with van der Waals surface area (Å²) in [6.07, 6.45) is 3.72. The van der Waals surface area contributed by atoms with Crippen LogP contribution in [-0.4, -0.2) is 9.55 Å². The lowest BCUT2D eigenvalue weighted by atomic mass is 9.70. The van der Waals surface area contributed by atoms with E-state index in [0.29, 0.717) is 10.9 Å². The first-order valence-electron chi connectivity index (χ1n) is 6.79. The lowest BCUT2D eigenvalue weighted by Crippen LogP contribution is -2.31. The van der Waals surface area contributed by atoms with Crippen molar-refractivity contribution in [3.8, 4) is 0 Å². The fourth-order valence-corrected chi connectivity index (χ4v) is 3.09. The zero-order valence-electron chi connectivity index (χ0n) is 11.3. The first-order chi connectivity index (χ1) is 9.00.